The van der Waals surface area contributed by atoms with Gasteiger partial charge in [-0.3, -0.25) is 0 Å². The third-order valence-corrected chi connectivity index (χ3v) is 5.49. The summed E-state index contributed by atoms with van der Waals surface area (Å²) in [5, 5.41) is 2.61. The van der Waals surface area contributed by atoms with Gasteiger partial charge in [-0.05, 0) is 33.8 Å². The summed E-state index contributed by atoms with van der Waals surface area (Å²) in [6, 6.07) is 3.00. The molecule has 7 nitrogen and oxygen atoms in total. The first-order chi connectivity index (χ1) is 12.6. The molecule has 0 aliphatic carbocycles. The predicted molar refractivity (Wildman–Crippen MR) is 107 cm³/mol. The molecule has 0 bridgehead atoms. The fourth-order valence-electron chi connectivity index (χ4n) is 2.60. The van der Waals surface area contributed by atoms with Crippen molar-refractivity contribution in [3.63, 3.8) is 0 Å². The van der Waals surface area contributed by atoms with Crippen LogP contribution in [0.3, 0.4) is 0 Å². The SMILES string of the molecule is CC1(C)OB(c2ccc(Cl)c(/C(N)=N/S(C)(=O)=O)c2NCC(F)F)OC1(C)C. The number of amidine groups is 1. The molecule has 0 spiro atoms. The molecule has 156 valence electrons. The molecule has 1 aliphatic heterocycles. The van der Waals surface area contributed by atoms with E-state index in [1.165, 1.54) is 6.07 Å². The number of hydrogen-bond donors (Lipinski definition) is 2. The molecule has 12 heteroatoms. The van der Waals surface area contributed by atoms with E-state index in [-0.39, 0.29) is 16.3 Å². The second-order valence-electron chi connectivity index (χ2n) is 7.46. The number of sulfonamides is 1. The molecule has 0 radical (unpaired) electrons. The molecule has 28 heavy (non-hydrogen) atoms. The first-order valence-electron chi connectivity index (χ1n) is 8.40. The van der Waals surface area contributed by atoms with Crippen molar-refractivity contribution in [1.29, 1.82) is 0 Å². The first kappa shape index (κ1) is 22.9. The van der Waals surface area contributed by atoms with Crippen LogP contribution < -0.4 is 16.5 Å². The average Bonchev–Trinajstić information content (AvgIpc) is 2.71. The lowest BCUT2D eigenvalue weighted by Crippen LogP contribution is -2.41. The number of nitrogens with one attached hydrogen (secondary N) is 1. The summed E-state index contributed by atoms with van der Waals surface area (Å²) < 4.78 is 64.1. The van der Waals surface area contributed by atoms with Crippen LogP contribution in [0.1, 0.15) is 33.3 Å². The topological polar surface area (TPSA) is 103 Å². The van der Waals surface area contributed by atoms with Crippen LogP contribution in [0, 0.1) is 0 Å². The fraction of sp³-hybridized carbons (Fsp3) is 0.562. The van der Waals surface area contributed by atoms with Crippen LogP contribution in [0.2, 0.25) is 5.02 Å². The molecular formula is C16H23BClF2N3O4S. The summed E-state index contributed by atoms with van der Waals surface area (Å²) in [6.45, 7) is 6.66. The third kappa shape index (κ3) is 4.94. The number of benzene rings is 1. The van der Waals surface area contributed by atoms with Gasteiger partial charge in [-0.25, -0.2) is 17.2 Å². The summed E-state index contributed by atoms with van der Waals surface area (Å²) in [5.74, 6) is -0.428. The van der Waals surface area contributed by atoms with Crippen molar-refractivity contribution in [2.24, 2.45) is 10.1 Å². The van der Waals surface area contributed by atoms with Gasteiger partial charge in [0.25, 0.3) is 16.4 Å². The van der Waals surface area contributed by atoms with Gasteiger partial charge in [0.1, 0.15) is 5.84 Å². The van der Waals surface area contributed by atoms with E-state index in [0.717, 1.165) is 6.26 Å². The van der Waals surface area contributed by atoms with E-state index in [9.17, 15) is 17.2 Å². The average molecular weight is 438 g/mol. The molecule has 1 heterocycles. The molecule has 0 saturated carbocycles. The number of alkyl halides is 2. The molecule has 0 aromatic heterocycles. The summed E-state index contributed by atoms with van der Waals surface area (Å²) in [7, 11) is -4.75. The lowest BCUT2D eigenvalue weighted by molar-refractivity contribution is 0.00578. The monoisotopic (exact) mass is 437 g/mol. The zero-order chi connectivity index (χ0) is 21.5. The minimum absolute atomic E-state index is 0.0139. The van der Waals surface area contributed by atoms with Crippen LogP contribution in [0.5, 0.6) is 0 Å². The zero-order valence-corrected chi connectivity index (χ0v) is 17.8. The Bertz CT molecular complexity index is 878. The van der Waals surface area contributed by atoms with E-state index in [2.05, 4.69) is 9.71 Å². The van der Waals surface area contributed by atoms with Gasteiger partial charge in [-0.1, -0.05) is 17.7 Å². The van der Waals surface area contributed by atoms with E-state index in [1.807, 2.05) is 27.7 Å². The van der Waals surface area contributed by atoms with Crippen molar-refractivity contribution >= 4 is 45.7 Å². The molecule has 1 aliphatic rings. The molecule has 1 fully saturated rings. The molecule has 0 unspecified atom stereocenters. The second-order valence-corrected chi connectivity index (χ2v) is 9.51. The molecule has 3 N–H and O–H groups in total. The number of halogens is 3. The zero-order valence-electron chi connectivity index (χ0n) is 16.2. The second kappa shape index (κ2) is 7.77. The van der Waals surface area contributed by atoms with Gasteiger partial charge in [0, 0.05) is 11.2 Å². The maximum Gasteiger partial charge on any atom is 0.496 e. The van der Waals surface area contributed by atoms with Gasteiger partial charge in [0.05, 0.1) is 34.6 Å². The van der Waals surface area contributed by atoms with Gasteiger partial charge in [-0.2, -0.15) is 0 Å². The highest BCUT2D eigenvalue weighted by molar-refractivity contribution is 7.89. The third-order valence-electron chi connectivity index (χ3n) is 4.65. The van der Waals surface area contributed by atoms with E-state index in [1.54, 1.807) is 6.07 Å². The highest BCUT2D eigenvalue weighted by Gasteiger charge is 2.52. The standard InChI is InChI=1S/C16H23BClF2N3O4S/c1-15(2)16(3,4)27-17(26-15)9-6-7-10(18)12(13(9)22-8-11(19)20)14(21)23-28(5,24)25/h6-7,11,22H,8H2,1-5H3,(H2,21,23). The molecule has 1 aromatic rings. The molecule has 2 rings (SSSR count). The number of anilines is 1. The van der Waals surface area contributed by atoms with Crippen molar-refractivity contribution in [1.82, 2.24) is 0 Å². The Morgan fingerprint density at radius 1 is 1.29 bits per heavy atom. The van der Waals surface area contributed by atoms with Crippen LogP contribution in [0.15, 0.2) is 16.5 Å². The quantitative estimate of drug-likeness (QED) is 0.401. The Labute approximate surface area is 168 Å². The Hall–Kier alpha value is -1.43. The first-order valence-corrected chi connectivity index (χ1v) is 10.6. The Kier molecular flexibility index (Phi) is 6.35. The van der Waals surface area contributed by atoms with Gasteiger partial charge >= 0.3 is 7.12 Å². The molecular weight excluding hydrogens is 415 g/mol. The maximum absolute atomic E-state index is 12.9. The summed E-state index contributed by atoms with van der Waals surface area (Å²) in [5.41, 5.74) is 4.91. The highest BCUT2D eigenvalue weighted by Crippen LogP contribution is 2.37. The van der Waals surface area contributed by atoms with E-state index >= 15 is 0 Å². The summed E-state index contributed by atoms with van der Waals surface area (Å²) >= 11 is 6.19. The largest absolute Gasteiger partial charge is 0.496 e. The summed E-state index contributed by atoms with van der Waals surface area (Å²) in [6.07, 6.45) is -1.82. The van der Waals surface area contributed by atoms with Crippen LogP contribution in [-0.4, -0.2) is 51.8 Å². The van der Waals surface area contributed by atoms with Crippen LogP contribution in [0.25, 0.3) is 0 Å². The Morgan fingerprint density at radius 3 is 2.29 bits per heavy atom. The maximum atomic E-state index is 12.9. The van der Waals surface area contributed by atoms with Crippen molar-refractivity contribution < 1.29 is 26.5 Å². The minimum atomic E-state index is -3.84. The Balaban J connectivity index is 2.64. The number of nitrogens with zero attached hydrogens (tertiary/aromatic N) is 1. The molecule has 0 atom stereocenters. The van der Waals surface area contributed by atoms with Gasteiger partial charge in [0.15, 0.2) is 0 Å². The van der Waals surface area contributed by atoms with Crippen molar-refractivity contribution in [3.8, 4) is 0 Å². The van der Waals surface area contributed by atoms with Crippen LogP contribution in [0.4, 0.5) is 14.5 Å². The van der Waals surface area contributed by atoms with E-state index < -0.39 is 47.1 Å². The minimum Gasteiger partial charge on any atom is -0.399 e. The molecule has 1 saturated heterocycles. The predicted octanol–water partition coefficient (Wildman–Crippen LogP) is 1.98. The molecule has 1 aromatic carbocycles. The molecule has 0 amide bonds. The highest BCUT2D eigenvalue weighted by atomic mass is 35.5. The van der Waals surface area contributed by atoms with Crippen molar-refractivity contribution in [3.05, 3.63) is 22.7 Å². The van der Waals surface area contributed by atoms with Crippen molar-refractivity contribution in [2.75, 3.05) is 18.1 Å². The fourth-order valence-corrected chi connectivity index (χ4v) is 3.31. The summed E-state index contributed by atoms with van der Waals surface area (Å²) in [4.78, 5) is 0. The van der Waals surface area contributed by atoms with E-state index in [4.69, 9.17) is 26.6 Å². The smallest absolute Gasteiger partial charge is 0.399 e. The lowest BCUT2D eigenvalue weighted by Gasteiger charge is -2.32. The van der Waals surface area contributed by atoms with Crippen molar-refractivity contribution in [2.45, 2.75) is 45.3 Å². The van der Waals surface area contributed by atoms with Gasteiger partial charge in [-0.15, -0.1) is 4.40 Å². The van der Waals surface area contributed by atoms with Gasteiger partial charge in [0.2, 0.25) is 0 Å². The van der Waals surface area contributed by atoms with Gasteiger partial charge < -0.3 is 20.4 Å². The van der Waals surface area contributed by atoms with E-state index in [0.29, 0.717) is 5.46 Å². The number of hydrogen-bond acceptors (Lipinski definition) is 5. The number of nitrogens with two attached hydrogens (primary N) is 1. The normalized spacial score (nSPS) is 19.3. The number of rotatable bonds is 6. The lowest BCUT2D eigenvalue weighted by atomic mass is 9.76. The van der Waals surface area contributed by atoms with Crippen LogP contribution in [-0.2, 0) is 19.3 Å². The Morgan fingerprint density at radius 2 is 1.82 bits per heavy atom. The van der Waals surface area contributed by atoms with Crippen LogP contribution >= 0.6 is 11.6 Å².